The van der Waals surface area contributed by atoms with Gasteiger partial charge in [-0.25, -0.2) is 0 Å². The topological polar surface area (TPSA) is 58.6 Å². The second-order valence-corrected chi connectivity index (χ2v) is 5.53. The van der Waals surface area contributed by atoms with Crippen molar-refractivity contribution in [3.05, 3.63) is 40.0 Å². The van der Waals surface area contributed by atoms with Gasteiger partial charge in [-0.2, -0.15) is 0 Å². The van der Waals surface area contributed by atoms with E-state index in [0.717, 1.165) is 10.0 Å². The molecule has 0 spiro atoms. The largest absolute Gasteiger partial charge is 0.378 e. The van der Waals surface area contributed by atoms with E-state index in [2.05, 4.69) is 21.2 Å². The van der Waals surface area contributed by atoms with E-state index in [9.17, 15) is 9.59 Å². The molecule has 1 N–H and O–H groups in total. The molecule has 0 unspecified atom stereocenters. The molecule has 3 rings (SSSR count). The van der Waals surface area contributed by atoms with Crippen LogP contribution in [-0.2, 0) is 14.3 Å². The average molecular weight is 337 g/mol. The average Bonchev–Trinajstić information content (AvgIpc) is 2.75. The Bertz CT molecular complexity index is 589. The van der Waals surface area contributed by atoms with Crippen molar-refractivity contribution in [1.29, 1.82) is 0 Å². The summed E-state index contributed by atoms with van der Waals surface area (Å²) >= 11 is 3.36. The molecule has 0 atom stereocenters. The second-order valence-electron chi connectivity index (χ2n) is 4.61. The van der Waals surface area contributed by atoms with Crippen LogP contribution in [0.2, 0.25) is 0 Å². The standard InChI is InChI=1S/C14H13BrN2O3/c15-10-3-1-9(2-4-10)11-12(14(19)16-13(11)18)17-5-7-20-8-6-17/h1-4H,5-8H2,(H,16,18,19). The Morgan fingerprint density at radius 3 is 2.35 bits per heavy atom. The molecular formula is C14H13BrN2O3. The van der Waals surface area contributed by atoms with E-state index < -0.39 is 0 Å². The normalized spacial score (nSPS) is 19.6. The number of ether oxygens (including phenoxy) is 1. The fourth-order valence-corrected chi connectivity index (χ4v) is 2.68. The number of carbonyl (C=O) groups is 2. The lowest BCUT2D eigenvalue weighted by Crippen LogP contribution is -2.39. The Morgan fingerprint density at radius 1 is 1.05 bits per heavy atom. The third-order valence-corrected chi connectivity index (χ3v) is 3.89. The van der Waals surface area contributed by atoms with Gasteiger partial charge in [0.1, 0.15) is 5.70 Å². The van der Waals surface area contributed by atoms with Crippen molar-refractivity contribution in [2.24, 2.45) is 0 Å². The van der Waals surface area contributed by atoms with Crippen molar-refractivity contribution in [1.82, 2.24) is 10.2 Å². The summed E-state index contributed by atoms with van der Waals surface area (Å²) in [6.45, 7) is 2.38. The van der Waals surface area contributed by atoms with E-state index in [0.29, 0.717) is 37.6 Å². The Hall–Kier alpha value is -1.66. The van der Waals surface area contributed by atoms with Gasteiger partial charge in [-0.1, -0.05) is 28.1 Å². The van der Waals surface area contributed by atoms with Crippen LogP contribution in [0.15, 0.2) is 34.4 Å². The first-order chi connectivity index (χ1) is 9.66. The van der Waals surface area contributed by atoms with Crippen LogP contribution in [0.5, 0.6) is 0 Å². The van der Waals surface area contributed by atoms with Crippen molar-refractivity contribution in [3.8, 4) is 0 Å². The minimum atomic E-state index is -0.334. The van der Waals surface area contributed by atoms with Crippen molar-refractivity contribution < 1.29 is 14.3 Å². The predicted molar refractivity (Wildman–Crippen MR) is 76.6 cm³/mol. The van der Waals surface area contributed by atoms with Gasteiger partial charge in [-0.3, -0.25) is 14.9 Å². The van der Waals surface area contributed by atoms with Gasteiger partial charge in [0.2, 0.25) is 0 Å². The smallest absolute Gasteiger partial charge is 0.275 e. The number of carbonyl (C=O) groups excluding carboxylic acids is 2. The van der Waals surface area contributed by atoms with Gasteiger partial charge >= 0.3 is 0 Å². The number of nitrogens with zero attached hydrogens (tertiary/aromatic N) is 1. The van der Waals surface area contributed by atoms with Crippen molar-refractivity contribution in [3.63, 3.8) is 0 Å². The molecule has 104 valence electrons. The quantitative estimate of drug-likeness (QED) is 0.823. The Balaban J connectivity index is 2.05. The molecular weight excluding hydrogens is 324 g/mol. The number of rotatable bonds is 2. The summed E-state index contributed by atoms with van der Waals surface area (Å²) in [6.07, 6.45) is 0. The van der Waals surface area contributed by atoms with Crippen LogP contribution in [0.4, 0.5) is 0 Å². The first-order valence-corrected chi connectivity index (χ1v) is 7.15. The summed E-state index contributed by atoms with van der Waals surface area (Å²) in [6, 6.07) is 7.38. The minimum absolute atomic E-state index is 0.324. The number of hydrogen-bond donors (Lipinski definition) is 1. The van der Waals surface area contributed by atoms with Crippen molar-refractivity contribution in [2.45, 2.75) is 0 Å². The highest BCUT2D eigenvalue weighted by atomic mass is 79.9. The van der Waals surface area contributed by atoms with Gasteiger partial charge in [-0.05, 0) is 17.7 Å². The zero-order valence-electron chi connectivity index (χ0n) is 10.7. The molecule has 0 bridgehead atoms. The number of benzene rings is 1. The molecule has 5 nitrogen and oxygen atoms in total. The van der Waals surface area contributed by atoms with Crippen LogP contribution in [0.25, 0.3) is 5.57 Å². The number of imide groups is 1. The third-order valence-electron chi connectivity index (χ3n) is 3.37. The van der Waals surface area contributed by atoms with Gasteiger partial charge in [0, 0.05) is 17.6 Å². The first kappa shape index (κ1) is 13.3. The van der Waals surface area contributed by atoms with E-state index in [1.165, 1.54) is 0 Å². The van der Waals surface area contributed by atoms with E-state index >= 15 is 0 Å². The lowest BCUT2D eigenvalue weighted by atomic mass is 10.0. The Labute approximate surface area is 124 Å². The molecule has 0 saturated carbocycles. The molecule has 20 heavy (non-hydrogen) atoms. The number of amides is 2. The minimum Gasteiger partial charge on any atom is -0.378 e. The predicted octanol–water partition coefficient (Wildman–Crippen LogP) is 1.15. The van der Waals surface area contributed by atoms with Crippen LogP contribution in [0, 0.1) is 0 Å². The monoisotopic (exact) mass is 336 g/mol. The summed E-state index contributed by atoms with van der Waals surface area (Å²) in [4.78, 5) is 26.0. The molecule has 2 aliphatic heterocycles. The SMILES string of the molecule is O=C1NC(=O)C(N2CCOCC2)=C1c1ccc(Br)cc1. The highest BCUT2D eigenvalue weighted by molar-refractivity contribution is 9.10. The first-order valence-electron chi connectivity index (χ1n) is 6.35. The van der Waals surface area contributed by atoms with Crippen LogP contribution in [0.3, 0.4) is 0 Å². The molecule has 1 fully saturated rings. The molecule has 2 heterocycles. The number of hydrogen-bond acceptors (Lipinski definition) is 4. The van der Waals surface area contributed by atoms with Gasteiger partial charge < -0.3 is 9.64 Å². The summed E-state index contributed by atoms with van der Waals surface area (Å²) in [5.41, 5.74) is 1.66. The Morgan fingerprint density at radius 2 is 1.70 bits per heavy atom. The fourth-order valence-electron chi connectivity index (χ4n) is 2.42. The number of morpholine rings is 1. The summed E-state index contributed by atoms with van der Waals surface area (Å²) < 4.78 is 6.22. The maximum Gasteiger partial charge on any atom is 0.275 e. The summed E-state index contributed by atoms with van der Waals surface area (Å²) in [5.74, 6) is -0.659. The van der Waals surface area contributed by atoms with Gasteiger partial charge in [0.25, 0.3) is 11.8 Å². The van der Waals surface area contributed by atoms with E-state index in [1.807, 2.05) is 29.2 Å². The number of nitrogens with one attached hydrogen (secondary N) is 1. The summed E-state index contributed by atoms with van der Waals surface area (Å²) in [5, 5.41) is 2.38. The zero-order valence-corrected chi connectivity index (χ0v) is 12.3. The molecule has 2 aliphatic rings. The molecule has 2 amide bonds. The zero-order chi connectivity index (χ0) is 14.1. The van der Waals surface area contributed by atoms with Crippen molar-refractivity contribution >= 4 is 33.3 Å². The molecule has 6 heteroatoms. The Kier molecular flexibility index (Phi) is 3.58. The molecule has 0 aliphatic carbocycles. The third kappa shape index (κ3) is 2.36. The maximum absolute atomic E-state index is 12.1. The highest BCUT2D eigenvalue weighted by Gasteiger charge is 2.35. The molecule has 0 radical (unpaired) electrons. The number of halogens is 1. The van der Waals surface area contributed by atoms with E-state index in [4.69, 9.17) is 4.74 Å². The lowest BCUT2D eigenvalue weighted by molar-refractivity contribution is -0.124. The molecule has 0 aromatic heterocycles. The van der Waals surface area contributed by atoms with Gasteiger partial charge in [-0.15, -0.1) is 0 Å². The fraction of sp³-hybridized carbons (Fsp3) is 0.286. The molecule has 1 aromatic rings. The van der Waals surface area contributed by atoms with Crippen LogP contribution >= 0.6 is 15.9 Å². The molecule has 1 saturated heterocycles. The van der Waals surface area contributed by atoms with Crippen LogP contribution in [0.1, 0.15) is 5.56 Å². The summed E-state index contributed by atoms with van der Waals surface area (Å²) in [7, 11) is 0. The van der Waals surface area contributed by atoms with Gasteiger partial charge in [0.15, 0.2) is 0 Å². The van der Waals surface area contributed by atoms with E-state index in [1.54, 1.807) is 0 Å². The highest BCUT2D eigenvalue weighted by Crippen LogP contribution is 2.27. The van der Waals surface area contributed by atoms with Crippen LogP contribution < -0.4 is 5.32 Å². The van der Waals surface area contributed by atoms with E-state index in [-0.39, 0.29) is 11.8 Å². The van der Waals surface area contributed by atoms with Crippen molar-refractivity contribution in [2.75, 3.05) is 26.3 Å². The molecule has 1 aromatic carbocycles. The van der Waals surface area contributed by atoms with Gasteiger partial charge in [0.05, 0.1) is 18.8 Å². The maximum atomic E-state index is 12.1. The van der Waals surface area contributed by atoms with Crippen LogP contribution in [-0.4, -0.2) is 43.0 Å². The second kappa shape index (κ2) is 5.38. The lowest BCUT2D eigenvalue weighted by Gasteiger charge is -2.29.